The molecule has 1 saturated heterocycles. The van der Waals surface area contributed by atoms with Gasteiger partial charge in [-0.25, -0.2) is 0 Å². The van der Waals surface area contributed by atoms with Gasteiger partial charge in [-0.05, 0) is 7.05 Å². The highest BCUT2D eigenvalue weighted by Crippen LogP contribution is 2.18. The van der Waals surface area contributed by atoms with E-state index >= 15 is 0 Å². The summed E-state index contributed by atoms with van der Waals surface area (Å²) in [7, 11) is 1.79. The number of para-hydroxylation sites is 1. The average Bonchev–Trinajstić information content (AvgIpc) is 2.48. The fourth-order valence-corrected chi connectivity index (χ4v) is 2.31. The van der Waals surface area contributed by atoms with Crippen molar-refractivity contribution < 1.29 is 14.5 Å². The van der Waals surface area contributed by atoms with Crippen LogP contribution in [0.5, 0.6) is 0 Å². The molecule has 0 aromatic heterocycles. The summed E-state index contributed by atoms with van der Waals surface area (Å²) in [5.74, 6) is 0.0272. The van der Waals surface area contributed by atoms with E-state index in [2.05, 4.69) is 0 Å². The van der Waals surface area contributed by atoms with Gasteiger partial charge in [-0.15, -0.1) is 0 Å². The SMILES string of the molecule is CN(CC(=O)N1CCOCC1)Cc1ccccc1[N+](=O)[O-]. The molecular weight excluding hydrogens is 274 g/mol. The number of nitro benzene ring substituents is 1. The molecule has 1 aliphatic rings. The van der Waals surface area contributed by atoms with Crippen LogP contribution in [0.25, 0.3) is 0 Å². The average molecular weight is 293 g/mol. The molecule has 0 unspecified atom stereocenters. The molecule has 0 saturated carbocycles. The molecule has 21 heavy (non-hydrogen) atoms. The van der Waals surface area contributed by atoms with Crippen molar-refractivity contribution in [2.24, 2.45) is 0 Å². The van der Waals surface area contributed by atoms with Gasteiger partial charge in [0.2, 0.25) is 5.91 Å². The molecule has 0 spiro atoms. The quantitative estimate of drug-likeness (QED) is 0.595. The van der Waals surface area contributed by atoms with E-state index in [0.717, 1.165) is 0 Å². The molecule has 7 nitrogen and oxygen atoms in total. The van der Waals surface area contributed by atoms with Gasteiger partial charge in [0.05, 0.1) is 24.7 Å². The maximum Gasteiger partial charge on any atom is 0.273 e. The van der Waals surface area contributed by atoms with Crippen LogP contribution in [0.3, 0.4) is 0 Å². The molecule has 7 heteroatoms. The molecule has 114 valence electrons. The van der Waals surface area contributed by atoms with Crippen LogP contribution < -0.4 is 0 Å². The number of hydrogen-bond acceptors (Lipinski definition) is 5. The fourth-order valence-electron chi connectivity index (χ4n) is 2.31. The summed E-state index contributed by atoms with van der Waals surface area (Å²) in [6.45, 7) is 2.97. The summed E-state index contributed by atoms with van der Waals surface area (Å²) >= 11 is 0. The van der Waals surface area contributed by atoms with Gasteiger partial charge in [0.15, 0.2) is 0 Å². The highest BCUT2D eigenvalue weighted by Gasteiger charge is 2.20. The summed E-state index contributed by atoms with van der Waals surface area (Å²) in [5, 5.41) is 11.0. The number of benzene rings is 1. The van der Waals surface area contributed by atoms with Crippen molar-refractivity contribution in [2.75, 3.05) is 39.9 Å². The predicted molar refractivity (Wildman–Crippen MR) is 76.8 cm³/mol. The highest BCUT2D eigenvalue weighted by molar-refractivity contribution is 5.78. The number of morpholine rings is 1. The summed E-state index contributed by atoms with van der Waals surface area (Å²) in [4.78, 5) is 26.2. The molecule has 1 heterocycles. The van der Waals surface area contributed by atoms with E-state index in [0.29, 0.717) is 38.4 Å². The summed E-state index contributed by atoms with van der Waals surface area (Å²) in [5.41, 5.74) is 0.697. The third-order valence-corrected chi connectivity index (χ3v) is 3.40. The number of hydrogen-bond donors (Lipinski definition) is 0. The van der Waals surface area contributed by atoms with Gasteiger partial charge < -0.3 is 9.64 Å². The highest BCUT2D eigenvalue weighted by atomic mass is 16.6. The van der Waals surface area contributed by atoms with E-state index < -0.39 is 4.92 Å². The minimum absolute atomic E-state index is 0.0272. The summed E-state index contributed by atoms with van der Waals surface area (Å²) in [6.07, 6.45) is 0. The lowest BCUT2D eigenvalue weighted by molar-refractivity contribution is -0.385. The van der Waals surface area contributed by atoms with Gasteiger partial charge in [0.25, 0.3) is 5.69 Å². The second-order valence-electron chi connectivity index (χ2n) is 5.05. The van der Waals surface area contributed by atoms with Gasteiger partial charge in [-0.3, -0.25) is 19.8 Å². The molecule has 1 aliphatic heterocycles. The van der Waals surface area contributed by atoms with Crippen molar-refractivity contribution in [3.63, 3.8) is 0 Å². The van der Waals surface area contributed by atoms with Crippen molar-refractivity contribution >= 4 is 11.6 Å². The minimum atomic E-state index is -0.396. The zero-order valence-corrected chi connectivity index (χ0v) is 12.0. The number of likely N-dealkylation sites (N-methyl/N-ethyl adjacent to an activating group) is 1. The fraction of sp³-hybridized carbons (Fsp3) is 0.500. The Kier molecular flexibility index (Phi) is 5.24. The van der Waals surface area contributed by atoms with Gasteiger partial charge in [0.1, 0.15) is 0 Å². The molecule has 1 amide bonds. The van der Waals surface area contributed by atoms with E-state index in [4.69, 9.17) is 4.74 Å². The lowest BCUT2D eigenvalue weighted by atomic mass is 10.1. The van der Waals surface area contributed by atoms with Crippen LogP contribution in [0.1, 0.15) is 5.56 Å². The largest absolute Gasteiger partial charge is 0.378 e. The molecule has 1 aromatic rings. The van der Waals surface area contributed by atoms with Crippen molar-refractivity contribution in [3.05, 3.63) is 39.9 Å². The van der Waals surface area contributed by atoms with Crippen LogP contribution in [-0.4, -0.2) is 60.5 Å². The molecule has 0 aliphatic carbocycles. The Morgan fingerprint density at radius 1 is 1.38 bits per heavy atom. The number of nitrogens with zero attached hydrogens (tertiary/aromatic N) is 3. The van der Waals surface area contributed by atoms with Crippen LogP contribution >= 0.6 is 0 Å². The monoisotopic (exact) mass is 293 g/mol. The number of carbonyl (C=O) groups excluding carboxylic acids is 1. The van der Waals surface area contributed by atoms with Crippen molar-refractivity contribution in [1.29, 1.82) is 0 Å². The maximum atomic E-state index is 12.1. The second kappa shape index (κ2) is 7.14. The minimum Gasteiger partial charge on any atom is -0.378 e. The lowest BCUT2D eigenvalue weighted by Crippen LogP contribution is -2.44. The first-order chi connectivity index (χ1) is 10.1. The first kappa shape index (κ1) is 15.4. The Morgan fingerprint density at radius 3 is 2.71 bits per heavy atom. The molecule has 2 rings (SSSR count). The summed E-state index contributed by atoms with van der Waals surface area (Å²) < 4.78 is 5.21. The normalized spacial score (nSPS) is 15.2. The van der Waals surface area contributed by atoms with E-state index in [1.54, 1.807) is 35.0 Å². The van der Waals surface area contributed by atoms with Gasteiger partial charge in [0, 0.05) is 31.3 Å². The van der Waals surface area contributed by atoms with E-state index in [9.17, 15) is 14.9 Å². The molecule has 0 radical (unpaired) electrons. The van der Waals surface area contributed by atoms with Crippen LogP contribution in [0.15, 0.2) is 24.3 Å². The summed E-state index contributed by atoms with van der Waals surface area (Å²) in [6, 6.07) is 6.60. The number of nitro groups is 1. The van der Waals surface area contributed by atoms with Gasteiger partial charge >= 0.3 is 0 Å². The molecule has 0 N–H and O–H groups in total. The molecule has 0 atom stereocenters. The maximum absolute atomic E-state index is 12.1. The van der Waals surface area contributed by atoms with E-state index in [1.165, 1.54) is 6.07 Å². The van der Waals surface area contributed by atoms with E-state index in [-0.39, 0.29) is 18.1 Å². The third kappa shape index (κ3) is 4.24. The molecule has 1 aromatic carbocycles. The lowest BCUT2D eigenvalue weighted by Gasteiger charge is -2.28. The number of rotatable bonds is 5. The Hall–Kier alpha value is -1.99. The Labute approximate surface area is 123 Å². The standard InChI is InChI=1S/C14H19N3O4/c1-15(11-14(18)16-6-8-21-9-7-16)10-12-4-2-3-5-13(12)17(19)20/h2-5H,6-11H2,1H3. The molecular formula is C14H19N3O4. The number of ether oxygens (including phenoxy) is 1. The zero-order valence-electron chi connectivity index (χ0n) is 12.0. The number of amides is 1. The van der Waals surface area contributed by atoms with Crippen molar-refractivity contribution in [3.8, 4) is 0 Å². The Bertz CT molecular complexity index is 515. The molecule has 1 fully saturated rings. The van der Waals surface area contributed by atoms with E-state index in [1.807, 2.05) is 0 Å². The topological polar surface area (TPSA) is 75.9 Å². The smallest absolute Gasteiger partial charge is 0.273 e. The van der Waals surface area contributed by atoms with Crippen LogP contribution in [0.2, 0.25) is 0 Å². The second-order valence-corrected chi connectivity index (χ2v) is 5.05. The van der Waals surface area contributed by atoms with Crippen molar-refractivity contribution in [2.45, 2.75) is 6.54 Å². The Balaban J connectivity index is 1.93. The van der Waals surface area contributed by atoms with Gasteiger partial charge in [-0.2, -0.15) is 0 Å². The van der Waals surface area contributed by atoms with Gasteiger partial charge in [-0.1, -0.05) is 18.2 Å². The third-order valence-electron chi connectivity index (χ3n) is 3.40. The van der Waals surface area contributed by atoms with Crippen LogP contribution in [0.4, 0.5) is 5.69 Å². The van der Waals surface area contributed by atoms with Crippen LogP contribution in [-0.2, 0) is 16.1 Å². The van der Waals surface area contributed by atoms with Crippen LogP contribution in [0, 0.1) is 10.1 Å². The zero-order chi connectivity index (χ0) is 15.2. The Morgan fingerprint density at radius 2 is 2.05 bits per heavy atom. The molecule has 0 bridgehead atoms. The van der Waals surface area contributed by atoms with Crippen molar-refractivity contribution in [1.82, 2.24) is 9.80 Å². The first-order valence-corrected chi connectivity index (χ1v) is 6.84. The number of carbonyl (C=O) groups is 1. The first-order valence-electron chi connectivity index (χ1n) is 6.84. The predicted octanol–water partition coefficient (Wildman–Crippen LogP) is 0.885.